The lowest BCUT2D eigenvalue weighted by molar-refractivity contribution is 0.103. The predicted molar refractivity (Wildman–Crippen MR) is 195 cm³/mol. The van der Waals surface area contributed by atoms with Gasteiger partial charge in [-0.25, -0.2) is 0 Å². The van der Waals surface area contributed by atoms with Gasteiger partial charge in [-0.05, 0) is 55.2 Å². The molecule has 1 heteroatoms. The Bertz CT molecular complexity index is 917. The smallest absolute Gasteiger partial charge is 0.193 e. The molecule has 44 heavy (non-hydrogen) atoms. The number of carbonyl (C=O) groups excluding carboxylic acids is 1. The molecule has 0 unspecified atom stereocenters. The summed E-state index contributed by atoms with van der Waals surface area (Å²) in [5.74, 6) is 0.244. The Morgan fingerprint density at radius 1 is 0.432 bits per heavy atom. The molecule has 0 spiro atoms. The molecule has 0 atom stereocenters. The van der Waals surface area contributed by atoms with Gasteiger partial charge in [-0.2, -0.15) is 0 Å². The van der Waals surface area contributed by atoms with Crippen molar-refractivity contribution in [3.63, 3.8) is 0 Å². The highest BCUT2D eigenvalue weighted by Crippen LogP contribution is 2.27. The van der Waals surface area contributed by atoms with E-state index in [4.69, 9.17) is 0 Å². The Kier molecular flexibility index (Phi) is 22.9. The summed E-state index contributed by atoms with van der Waals surface area (Å²) in [4.78, 5) is 14.1. The van der Waals surface area contributed by atoms with Gasteiger partial charge in [0.05, 0.1) is 0 Å². The molecule has 0 radical (unpaired) electrons. The molecule has 2 aromatic rings. The molecule has 2 rings (SSSR count). The first kappa shape index (κ1) is 38.3. The summed E-state index contributed by atoms with van der Waals surface area (Å²) in [7, 11) is 0. The fourth-order valence-corrected chi connectivity index (χ4v) is 6.77. The van der Waals surface area contributed by atoms with Crippen LogP contribution >= 0.6 is 0 Å². The highest BCUT2D eigenvalue weighted by atomic mass is 16.1. The average molecular weight is 603 g/mol. The largest absolute Gasteiger partial charge is 0.289 e. The lowest BCUT2D eigenvalue weighted by atomic mass is 9.86. The molecule has 0 aliphatic carbocycles. The van der Waals surface area contributed by atoms with E-state index in [0.717, 1.165) is 30.4 Å². The Balaban J connectivity index is 2.13. The van der Waals surface area contributed by atoms with E-state index in [2.05, 4.69) is 32.9 Å². The van der Waals surface area contributed by atoms with Gasteiger partial charge in [-0.1, -0.05) is 198 Å². The summed E-state index contributed by atoms with van der Waals surface area (Å²) in [5, 5.41) is 0. The highest BCUT2D eigenvalue weighted by Gasteiger charge is 2.19. The summed E-state index contributed by atoms with van der Waals surface area (Å²) in [6.45, 7) is 6.88. The van der Waals surface area contributed by atoms with E-state index in [1.54, 1.807) is 0 Å². The number of unbranched alkanes of at least 4 members (excludes halogenated alkanes) is 21. The van der Waals surface area contributed by atoms with Gasteiger partial charge in [0, 0.05) is 11.1 Å². The number of aryl methyl sites for hydroxylation is 3. The number of hydrogen-bond donors (Lipinski definition) is 0. The zero-order valence-corrected chi connectivity index (χ0v) is 29.5. The Hall–Kier alpha value is -1.89. The summed E-state index contributed by atoms with van der Waals surface area (Å²) in [5.41, 5.74) is 6.03. The maximum absolute atomic E-state index is 14.1. The van der Waals surface area contributed by atoms with Crippen LogP contribution in [0.2, 0.25) is 0 Å². The van der Waals surface area contributed by atoms with Crippen molar-refractivity contribution >= 4 is 5.78 Å². The molecule has 0 aromatic heterocycles. The molecule has 1 nitrogen and oxygen atoms in total. The van der Waals surface area contributed by atoms with E-state index in [9.17, 15) is 4.79 Å². The van der Waals surface area contributed by atoms with Crippen molar-refractivity contribution in [3.8, 4) is 0 Å². The van der Waals surface area contributed by atoms with Gasteiger partial charge in [0.1, 0.15) is 0 Å². The normalized spacial score (nSPS) is 11.3. The van der Waals surface area contributed by atoms with Gasteiger partial charge in [-0.15, -0.1) is 0 Å². The van der Waals surface area contributed by atoms with Gasteiger partial charge < -0.3 is 0 Å². The summed E-state index contributed by atoms with van der Waals surface area (Å²) >= 11 is 0. The van der Waals surface area contributed by atoms with E-state index in [0.29, 0.717) is 0 Å². The molecule has 0 heterocycles. The minimum atomic E-state index is 0.244. The number of rotatable bonds is 29. The summed E-state index contributed by atoms with van der Waals surface area (Å²) < 4.78 is 0. The van der Waals surface area contributed by atoms with Gasteiger partial charge >= 0.3 is 0 Å². The average Bonchev–Trinajstić information content (AvgIpc) is 3.05. The first-order valence-electron chi connectivity index (χ1n) is 19.5. The van der Waals surface area contributed by atoms with Crippen molar-refractivity contribution in [2.24, 2.45) is 0 Å². The maximum Gasteiger partial charge on any atom is 0.193 e. The van der Waals surface area contributed by atoms with Crippen LogP contribution in [0.5, 0.6) is 0 Å². The van der Waals surface area contributed by atoms with Crippen LogP contribution in [0.3, 0.4) is 0 Å². The second-order valence-corrected chi connectivity index (χ2v) is 13.7. The Morgan fingerprint density at radius 3 is 1.16 bits per heavy atom. The van der Waals surface area contributed by atoms with Gasteiger partial charge in [0.15, 0.2) is 5.78 Å². The number of ketones is 1. The molecular formula is C43H70O. The summed E-state index contributed by atoms with van der Waals surface area (Å²) in [6, 6.07) is 15.0. The standard InChI is InChI=1S/C43H70O/c1-4-7-10-13-16-19-22-26-31-38-36-40(34-27-23-20-17-14-11-8-5-2)42(43(44)39-32-29-25-30-33-39)41(37-38)35-28-24-21-18-15-12-9-6-3/h25,29-30,32-33,36-37H,4-24,26-28,31,34-35H2,1-3H3. The molecule has 0 amide bonds. The SMILES string of the molecule is CCCCCCCCCCc1cc(CCCCCCCCCC)c(C(=O)c2ccccc2)c(CCCCCCCCCC)c1. The minimum absolute atomic E-state index is 0.244. The molecule has 248 valence electrons. The molecule has 0 bridgehead atoms. The quantitative estimate of drug-likeness (QED) is 0.0668. The highest BCUT2D eigenvalue weighted by molar-refractivity contribution is 6.11. The van der Waals surface area contributed by atoms with Gasteiger partial charge in [-0.3, -0.25) is 4.79 Å². The van der Waals surface area contributed by atoms with Crippen molar-refractivity contribution in [2.45, 2.75) is 194 Å². The molecule has 0 aliphatic heterocycles. The van der Waals surface area contributed by atoms with E-state index in [-0.39, 0.29) is 5.78 Å². The van der Waals surface area contributed by atoms with Crippen LogP contribution in [0.15, 0.2) is 42.5 Å². The van der Waals surface area contributed by atoms with Crippen molar-refractivity contribution in [3.05, 3.63) is 70.3 Å². The van der Waals surface area contributed by atoms with Gasteiger partial charge in [0.2, 0.25) is 0 Å². The van der Waals surface area contributed by atoms with E-state index >= 15 is 0 Å². The second kappa shape index (κ2) is 26.3. The number of benzene rings is 2. The fraction of sp³-hybridized carbons (Fsp3) is 0.698. The molecular weight excluding hydrogens is 532 g/mol. The Morgan fingerprint density at radius 2 is 0.773 bits per heavy atom. The van der Waals surface area contributed by atoms with E-state index < -0.39 is 0 Å². The molecule has 0 N–H and O–H groups in total. The van der Waals surface area contributed by atoms with Crippen LogP contribution in [0, 0.1) is 0 Å². The minimum Gasteiger partial charge on any atom is -0.289 e. The van der Waals surface area contributed by atoms with Crippen LogP contribution in [0.1, 0.15) is 207 Å². The molecule has 0 saturated carbocycles. The second-order valence-electron chi connectivity index (χ2n) is 13.7. The lowest BCUT2D eigenvalue weighted by Crippen LogP contribution is -2.11. The third-order valence-electron chi connectivity index (χ3n) is 9.54. The molecule has 0 aliphatic rings. The first-order chi connectivity index (χ1) is 21.7. The maximum atomic E-state index is 14.1. The van der Waals surface area contributed by atoms with Crippen LogP contribution in [-0.2, 0) is 19.3 Å². The van der Waals surface area contributed by atoms with Gasteiger partial charge in [0.25, 0.3) is 0 Å². The molecule has 2 aromatic carbocycles. The third kappa shape index (κ3) is 17.0. The van der Waals surface area contributed by atoms with E-state index in [1.165, 1.54) is 171 Å². The topological polar surface area (TPSA) is 17.1 Å². The lowest BCUT2D eigenvalue weighted by Gasteiger charge is -2.18. The zero-order valence-electron chi connectivity index (χ0n) is 29.5. The zero-order chi connectivity index (χ0) is 31.5. The van der Waals surface area contributed by atoms with Crippen molar-refractivity contribution in [2.75, 3.05) is 0 Å². The van der Waals surface area contributed by atoms with Crippen LogP contribution < -0.4 is 0 Å². The Labute approximate surface area is 274 Å². The van der Waals surface area contributed by atoms with Crippen molar-refractivity contribution in [1.29, 1.82) is 0 Å². The van der Waals surface area contributed by atoms with E-state index in [1.807, 2.05) is 30.3 Å². The van der Waals surface area contributed by atoms with Crippen LogP contribution in [0.4, 0.5) is 0 Å². The summed E-state index contributed by atoms with van der Waals surface area (Å²) in [6.07, 6.45) is 35.3. The third-order valence-corrected chi connectivity index (χ3v) is 9.54. The number of hydrogen-bond acceptors (Lipinski definition) is 1. The van der Waals surface area contributed by atoms with Crippen LogP contribution in [-0.4, -0.2) is 5.78 Å². The van der Waals surface area contributed by atoms with Crippen molar-refractivity contribution < 1.29 is 4.79 Å². The predicted octanol–water partition coefficient (Wildman–Crippen LogP) is 14.0. The van der Waals surface area contributed by atoms with Crippen molar-refractivity contribution in [1.82, 2.24) is 0 Å². The molecule has 0 saturated heterocycles. The number of carbonyl (C=O) groups is 1. The first-order valence-corrected chi connectivity index (χ1v) is 19.5. The monoisotopic (exact) mass is 603 g/mol. The van der Waals surface area contributed by atoms with Crippen LogP contribution in [0.25, 0.3) is 0 Å². The molecule has 0 fully saturated rings. The fourth-order valence-electron chi connectivity index (χ4n) is 6.77.